The molecule has 3 aliphatic carbocycles. The third kappa shape index (κ3) is 6.59. The maximum absolute atomic E-state index is 12.9. The van der Waals surface area contributed by atoms with Crippen molar-refractivity contribution in [3.8, 4) is 11.5 Å². The van der Waals surface area contributed by atoms with Crippen LogP contribution in [0, 0.1) is 11.8 Å². The first kappa shape index (κ1) is 32.6. The van der Waals surface area contributed by atoms with Gasteiger partial charge in [0.25, 0.3) is 0 Å². The Morgan fingerprint density at radius 1 is 1.15 bits per heavy atom. The van der Waals surface area contributed by atoms with Gasteiger partial charge in [0.1, 0.15) is 17.0 Å². The number of nitrogens with zero attached hydrogens (tertiary/aromatic N) is 1. The number of nitrogens with two attached hydrogens (primary N) is 1. The highest BCUT2D eigenvalue weighted by Crippen LogP contribution is 2.56. The minimum Gasteiger partial charge on any atom is -0.494 e. The van der Waals surface area contributed by atoms with Crippen molar-refractivity contribution in [2.24, 2.45) is 17.6 Å². The largest absolute Gasteiger partial charge is 0.494 e. The number of hydrogen-bond acceptors (Lipinski definition) is 6. The quantitative estimate of drug-likeness (QED) is 0.172. The number of benzene rings is 2. The number of carboxylic acids is 1. The van der Waals surface area contributed by atoms with E-state index in [0.29, 0.717) is 55.4 Å². The summed E-state index contributed by atoms with van der Waals surface area (Å²) >= 11 is 6.26. The Morgan fingerprint density at radius 3 is 2.74 bits per heavy atom. The van der Waals surface area contributed by atoms with Crippen LogP contribution in [0.25, 0.3) is 0 Å². The summed E-state index contributed by atoms with van der Waals surface area (Å²) in [5.74, 6) is 2.22. The number of pyridine rings is 1. The average molecular weight is 646 g/mol. The van der Waals surface area contributed by atoms with E-state index in [1.807, 2.05) is 24.4 Å². The number of aromatic nitrogens is 1. The Morgan fingerprint density at radius 2 is 1.98 bits per heavy atom. The Kier molecular flexibility index (Phi) is 9.81. The van der Waals surface area contributed by atoms with Crippen LogP contribution in [0.2, 0.25) is 5.02 Å². The van der Waals surface area contributed by atoms with Gasteiger partial charge in [-0.15, -0.1) is 0 Å². The topological polar surface area (TPSA) is 107 Å². The molecule has 0 saturated heterocycles. The van der Waals surface area contributed by atoms with Crippen LogP contribution in [-0.4, -0.2) is 41.4 Å². The van der Waals surface area contributed by atoms with Gasteiger partial charge >= 0.3 is 5.97 Å². The predicted octanol–water partition coefficient (Wildman–Crippen LogP) is 7.93. The van der Waals surface area contributed by atoms with Crippen molar-refractivity contribution in [2.75, 3.05) is 25.1 Å². The normalized spacial score (nSPS) is 25.8. The summed E-state index contributed by atoms with van der Waals surface area (Å²) in [6.07, 6.45) is 10.7. The number of ether oxygens (including phenoxy) is 2. The molecule has 246 valence electrons. The molecule has 0 radical (unpaired) electrons. The maximum atomic E-state index is 12.9. The van der Waals surface area contributed by atoms with Crippen molar-refractivity contribution in [1.29, 1.82) is 0 Å². The number of aliphatic carboxylic acids is 1. The SMILES string of the molecule is C[C@@H](COc1ccnc2c1[C@H](C)CCC2)CC1Cc2ccc(OCCCN)cc2C12CCC(Nc1cccc(Cl)c1)(C(=O)O)CC2. The van der Waals surface area contributed by atoms with E-state index in [1.165, 1.54) is 35.2 Å². The second kappa shape index (κ2) is 13.8. The van der Waals surface area contributed by atoms with Gasteiger partial charge in [0.15, 0.2) is 0 Å². The number of anilines is 1. The molecule has 1 fully saturated rings. The number of nitrogens with one attached hydrogen (secondary N) is 1. The average Bonchev–Trinajstić information content (AvgIpc) is 3.32. The number of hydrogen-bond donors (Lipinski definition) is 3. The van der Waals surface area contributed by atoms with Gasteiger partial charge in [-0.05, 0) is 141 Å². The summed E-state index contributed by atoms with van der Waals surface area (Å²) in [4.78, 5) is 17.5. The monoisotopic (exact) mass is 645 g/mol. The highest BCUT2D eigenvalue weighted by Gasteiger charge is 2.54. The molecule has 2 aromatic carbocycles. The Bertz CT molecular complexity index is 1540. The molecule has 0 aliphatic heterocycles. The Balaban J connectivity index is 1.23. The van der Waals surface area contributed by atoms with E-state index < -0.39 is 11.5 Å². The fourth-order valence-corrected chi connectivity index (χ4v) is 8.63. The standard InChI is InChI=1S/C38H48ClN3O4/c1-25(24-46-34-12-18-41-33-9-3-6-26(2)35(33)34)20-28-21-27-10-11-31(45-19-5-17-40)23-32(27)37(28)13-15-38(16-14-37,36(43)44)42-30-8-4-7-29(39)22-30/h4,7-8,10-12,18,22-23,25-26,28,42H,3,5-6,9,13-17,19-21,24,40H2,1-2H3,(H,43,44)/t25-,26-,28?,37?,38?/m1/s1. The van der Waals surface area contributed by atoms with E-state index in [0.717, 1.165) is 55.7 Å². The summed E-state index contributed by atoms with van der Waals surface area (Å²) in [6, 6.07) is 15.9. The van der Waals surface area contributed by atoms with Crippen LogP contribution in [-0.2, 0) is 23.1 Å². The van der Waals surface area contributed by atoms with Crippen molar-refractivity contribution in [3.05, 3.63) is 82.1 Å². The predicted molar refractivity (Wildman–Crippen MR) is 183 cm³/mol. The van der Waals surface area contributed by atoms with Crippen LogP contribution >= 0.6 is 11.6 Å². The van der Waals surface area contributed by atoms with E-state index in [2.05, 4.69) is 42.3 Å². The summed E-state index contributed by atoms with van der Waals surface area (Å²) < 4.78 is 12.7. The molecule has 8 heteroatoms. The zero-order valence-electron chi connectivity index (χ0n) is 27.2. The molecule has 4 N–H and O–H groups in total. The smallest absolute Gasteiger partial charge is 0.329 e. The third-order valence-corrected chi connectivity index (χ3v) is 11.1. The summed E-state index contributed by atoms with van der Waals surface area (Å²) in [5.41, 5.74) is 10.4. The highest BCUT2D eigenvalue weighted by atomic mass is 35.5. The lowest BCUT2D eigenvalue weighted by Gasteiger charge is -2.47. The van der Waals surface area contributed by atoms with Gasteiger partial charge < -0.3 is 25.6 Å². The van der Waals surface area contributed by atoms with Gasteiger partial charge in [-0.2, -0.15) is 0 Å². The molecule has 7 nitrogen and oxygen atoms in total. The lowest BCUT2D eigenvalue weighted by Crippen LogP contribution is -2.53. The molecule has 1 aromatic heterocycles. The van der Waals surface area contributed by atoms with Gasteiger partial charge in [0.05, 0.1) is 13.2 Å². The minimum atomic E-state index is -1.05. The first-order valence-electron chi connectivity index (χ1n) is 17.1. The van der Waals surface area contributed by atoms with Crippen LogP contribution in [0.1, 0.15) is 93.5 Å². The first-order valence-corrected chi connectivity index (χ1v) is 17.4. The van der Waals surface area contributed by atoms with Crippen molar-refractivity contribution in [1.82, 2.24) is 4.98 Å². The molecular weight excluding hydrogens is 598 g/mol. The molecule has 3 aliphatic rings. The number of rotatable bonds is 12. The number of fused-ring (bicyclic) bond motifs is 3. The lowest BCUT2D eigenvalue weighted by atomic mass is 9.59. The van der Waals surface area contributed by atoms with Crippen molar-refractivity contribution in [2.45, 2.75) is 94.9 Å². The molecule has 46 heavy (non-hydrogen) atoms. The zero-order chi connectivity index (χ0) is 32.3. The minimum absolute atomic E-state index is 0.129. The van der Waals surface area contributed by atoms with Crippen molar-refractivity contribution >= 4 is 23.3 Å². The molecule has 0 bridgehead atoms. The third-order valence-electron chi connectivity index (χ3n) is 10.9. The lowest BCUT2D eigenvalue weighted by molar-refractivity contribution is -0.144. The van der Waals surface area contributed by atoms with Gasteiger partial charge in [-0.25, -0.2) is 4.79 Å². The molecule has 3 aromatic rings. The van der Waals surface area contributed by atoms with E-state index in [1.54, 1.807) is 12.1 Å². The molecule has 6 rings (SSSR count). The van der Waals surface area contributed by atoms with Crippen molar-refractivity contribution < 1.29 is 19.4 Å². The number of aryl methyl sites for hydroxylation is 1. The molecular formula is C38H48ClN3O4. The summed E-state index contributed by atoms with van der Waals surface area (Å²) in [5, 5.41) is 14.5. The molecule has 1 unspecified atom stereocenters. The van der Waals surface area contributed by atoms with Crippen LogP contribution < -0.4 is 20.5 Å². The van der Waals surface area contributed by atoms with E-state index in [9.17, 15) is 9.90 Å². The van der Waals surface area contributed by atoms with Crippen LogP contribution in [0.3, 0.4) is 0 Å². The van der Waals surface area contributed by atoms with Crippen LogP contribution in [0.4, 0.5) is 5.69 Å². The highest BCUT2D eigenvalue weighted by molar-refractivity contribution is 6.30. The number of carbonyl (C=O) groups is 1. The van der Waals surface area contributed by atoms with Crippen LogP contribution in [0.5, 0.6) is 11.5 Å². The zero-order valence-corrected chi connectivity index (χ0v) is 28.0. The fraction of sp³-hybridized carbons (Fsp3) is 0.526. The molecule has 0 amide bonds. The summed E-state index contributed by atoms with van der Waals surface area (Å²) in [6.45, 7) is 6.40. The molecule has 1 heterocycles. The second-order valence-corrected chi connectivity index (χ2v) is 14.4. The summed E-state index contributed by atoms with van der Waals surface area (Å²) in [7, 11) is 0. The van der Waals surface area contributed by atoms with E-state index in [-0.39, 0.29) is 5.41 Å². The number of halogens is 1. The van der Waals surface area contributed by atoms with Crippen LogP contribution in [0.15, 0.2) is 54.7 Å². The van der Waals surface area contributed by atoms with E-state index >= 15 is 0 Å². The molecule has 1 spiro atoms. The Hall–Kier alpha value is -3.29. The van der Waals surface area contributed by atoms with Crippen molar-refractivity contribution in [3.63, 3.8) is 0 Å². The van der Waals surface area contributed by atoms with Gasteiger partial charge in [-0.3, -0.25) is 4.98 Å². The maximum Gasteiger partial charge on any atom is 0.329 e. The molecule has 3 atom stereocenters. The Labute approximate surface area is 278 Å². The fourth-order valence-electron chi connectivity index (χ4n) is 8.44. The van der Waals surface area contributed by atoms with E-state index in [4.69, 9.17) is 26.8 Å². The number of carboxylic acid groups (broad SMARTS) is 1. The first-order chi connectivity index (χ1) is 22.2. The van der Waals surface area contributed by atoms with Gasteiger partial charge in [-0.1, -0.05) is 37.6 Å². The van der Waals surface area contributed by atoms with Gasteiger partial charge in [0.2, 0.25) is 0 Å². The van der Waals surface area contributed by atoms with Gasteiger partial charge in [0, 0.05) is 28.2 Å². The second-order valence-electron chi connectivity index (χ2n) is 14.0. The molecule has 1 saturated carbocycles.